The van der Waals surface area contributed by atoms with E-state index in [0.29, 0.717) is 11.3 Å². The number of aliphatic hydroxyl groups is 1. The zero-order chi connectivity index (χ0) is 19.9. The van der Waals surface area contributed by atoms with E-state index >= 15 is 0 Å². The van der Waals surface area contributed by atoms with Crippen molar-refractivity contribution in [1.82, 2.24) is 5.32 Å². The predicted octanol–water partition coefficient (Wildman–Crippen LogP) is 3.52. The molecule has 0 bridgehead atoms. The largest absolute Gasteiger partial charge is 0.505 e. The first-order valence-electron chi connectivity index (χ1n) is 9.10. The molecule has 0 saturated heterocycles. The minimum Gasteiger partial charge on any atom is -0.505 e. The summed E-state index contributed by atoms with van der Waals surface area (Å²) in [6.07, 6.45) is 1.99. The van der Waals surface area contributed by atoms with Crippen LogP contribution < -0.4 is 5.32 Å². The van der Waals surface area contributed by atoms with Crippen LogP contribution in [0.1, 0.15) is 35.3 Å². The summed E-state index contributed by atoms with van der Waals surface area (Å²) in [5.74, 6) is -1.01. The smallest absolute Gasteiger partial charge is 0.261 e. The number of carbonyl (C=O) groups excluding carboxylic acids is 2. The van der Waals surface area contributed by atoms with Crippen molar-refractivity contribution < 1.29 is 14.7 Å². The van der Waals surface area contributed by atoms with Crippen molar-refractivity contribution in [3.05, 3.63) is 94.4 Å². The molecular weight excluding hydrogens is 352 g/mol. The number of ketones is 1. The lowest BCUT2D eigenvalue weighted by Crippen LogP contribution is -2.32. The molecule has 2 aliphatic heterocycles. The highest BCUT2D eigenvalue weighted by Gasteiger charge is 2.36. The first kappa shape index (κ1) is 17.9. The fourth-order valence-corrected chi connectivity index (χ4v) is 3.59. The van der Waals surface area contributed by atoms with E-state index < -0.39 is 11.4 Å². The predicted molar refractivity (Wildman–Crippen MR) is 107 cm³/mol. The molecule has 4 rings (SSSR count). The summed E-state index contributed by atoms with van der Waals surface area (Å²) >= 11 is 0. The summed E-state index contributed by atoms with van der Waals surface area (Å²) in [7, 11) is 0. The molecule has 0 aromatic heterocycles. The molecule has 0 unspecified atom stereocenters. The van der Waals surface area contributed by atoms with Crippen LogP contribution >= 0.6 is 0 Å². The second kappa shape index (κ2) is 6.60. The van der Waals surface area contributed by atoms with Gasteiger partial charge in [-0.05, 0) is 25.8 Å². The maximum Gasteiger partial charge on any atom is 0.261 e. The lowest BCUT2D eigenvalue weighted by molar-refractivity contribution is -0.115. The number of benzene rings is 2. The molecule has 5 nitrogen and oxygen atoms in total. The molecule has 0 aliphatic carbocycles. The minimum absolute atomic E-state index is 0.0948. The average molecular weight is 372 g/mol. The Morgan fingerprint density at radius 2 is 1.79 bits per heavy atom. The number of fused-ring (bicyclic) bond motifs is 1. The van der Waals surface area contributed by atoms with Crippen LogP contribution in [0.5, 0.6) is 0 Å². The van der Waals surface area contributed by atoms with Gasteiger partial charge in [-0.1, -0.05) is 54.6 Å². The molecule has 2 N–H and O–H groups in total. The average Bonchev–Trinajstić information content (AvgIpc) is 2.94. The van der Waals surface area contributed by atoms with E-state index in [1.165, 1.54) is 6.08 Å². The van der Waals surface area contributed by atoms with Crippen LogP contribution in [0.15, 0.2) is 82.7 Å². The van der Waals surface area contributed by atoms with Gasteiger partial charge in [0, 0.05) is 17.2 Å². The molecule has 0 fully saturated rings. The zero-order valence-electron chi connectivity index (χ0n) is 15.7. The van der Waals surface area contributed by atoms with Crippen molar-refractivity contribution in [1.29, 1.82) is 0 Å². The van der Waals surface area contributed by atoms with Gasteiger partial charge in [0.25, 0.3) is 5.91 Å². The number of rotatable bonds is 3. The third-order valence-corrected chi connectivity index (χ3v) is 4.85. The second-order valence-corrected chi connectivity index (χ2v) is 7.57. The van der Waals surface area contributed by atoms with Crippen LogP contribution in [0.25, 0.3) is 0 Å². The van der Waals surface area contributed by atoms with Crippen molar-refractivity contribution in [3.63, 3.8) is 0 Å². The molecule has 2 aromatic carbocycles. The Balaban J connectivity index is 1.79. The fourth-order valence-electron chi connectivity index (χ4n) is 3.59. The Kier molecular flexibility index (Phi) is 4.23. The Bertz CT molecular complexity index is 1080. The van der Waals surface area contributed by atoms with Gasteiger partial charge in [0.2, 0.25) is 0 Å². The van der Waals surface area contributed by atoms with Gasteiger partial charge in [0.05, 0.1) is 16.9 Å². The van der Waals surface area contributed by atoms with E-state index in [4.69, 9.17) is 4.99 Å². The number of aliphatic hydroxyl groups excluding tert-OH is 1. The third-order valence-electron chi connectivity index (χ3n) is 4.85. The summed E-state index contributed by atoms with van der Waals surface area (Å²) < 4.78 is 0. The van der Waals surface area contributed by atoms with E-state index in [1.807, 2.05) is 44.2 Å². The number of amides is 1. The Morgan fingerprint density at radius 3 is 2.54 bits per heavy atom. The van der Waals surface area contributed by atoms with Gasteiger partial charge < -0.3 is 10.4 Å². The monoisotopic (exact) mass is 372 g/mol. The van der Waals surface area contributed by atoms with Gasteiger partial charge in [-0.15, -0.1) is 0 Å². The van der Waals surface area contributed by atoms with Gasteiger partial charge >= 0.3 is 0 Å². The quantitative estimate of drug-likeness (QED) is 0.639. The number of hydrogen-bond acceptors (Lipinski definition) is 4. The second-order valence-electron chi connectivity index (χ2n) is 7.57. The lowest BCUT2D eigenvalue weighted by Gasteiger charge is -2.29. The summed E-state index contributed by atoms with van der Waals surface area (Å²) in [4.78, 5) is 29.9. The molecule has 0 radical (unpaired) electrons. The van der Waals surface area contributed by atoms with Crippen molar-refractivity contribution in [2.45, 2.75) is 25.8 Å². The van der Waals surface area contributed by atoms with Gasteiger partial charge in [-0.2, -0.15) is 0 Å². The number of aliphatic imine (C=N–C) groups is 1. The molecular formula is C23H20N2O3. The molecule has 140 valence electrons. The van der Waals surface area contributed by atoms with Gasteiger partial charge in [-0.3, -0.25) is 14.6 Å². The highest BCUT2D eigenvalue weighted by atomic mass is 16.3. The fraction of sp³-hybridized carbons (Fsp3) is 0.174. The van der Waals surface area contributed by atoms with Gasteiger partial charge in [0.15, 0.2) is 11.5 Å². The van der Waals surface area contributed by atoms with E-state index in [-0.39, 0.29) is 22.8 Å². The van der Waals surface area contributed by atoms with E-state index in [2.05, 4.69) is 5.32 Å². The summed E-state index contributed by atoms with van der Waals surface area (Å²) in [6, 6.07) is 16.4. The zero-order valence-corrected chi connectivity index (χ0v) is 15.7. The minimum atomic E-state index is -0.462. The number of nitrogens with zero attached hydrogens (tertiary/aromatic N) is 1. The Morgan fingerprint density at radius 1 is 1.11 bits per heavy atom. The maximum atomic E-state index is 12.7. The number of carbonyl (C=O) groups is 2. The summed E-state index contributed by atoms with van der Waals surface area (Å²) in [5, 5.41) is 13.4. The Labute approximate surface area is 163 Å². The summed E-state index contributed by atoms with van der Waals surface area (Å²) in [5.41, 5.74) is 2.63. The number of allylic oxidation sites excluding steroid dienone is 1. The molecule has 2 heterocycles. The van der Waals surface area contributed by atoms with Crippen LogP contribution in [0, 0.1) is 0 Å². The Hall–Kier alpha value is -3.47. The highest BCUT2D eigenvalue weighted by molar-refractivity contribution is 6.31. The molecule has 2 aliphatic rings. The molecule has 28 heavy (non-hydrogen) atoms. The lowest BCUT2D eigenvalue weighted by atomic mass is 9.84. The molecule has 0 spiro atoms. The molecule has 5 heteroatoms. The highest BCUT2D eigenvalue weighted by Crippen LogP contribution is 2.32. The van der Waals surface area contributed by atoms with Crippen molar-refractivity contribution in [2.75, 3.05) is 0 Å². The van der Waals surface area contributed by atoms with Crippen LogP contribution in [0.4, 0.5) is 0 Å². The first-order valence-corrected chi connectivity index (χ1v) is 9.10. The molecule has 0 saturated carbocycles. The van der Waals surface area contributed by atoms with Crippen LogP contribution in [-0.2, 0) is 11.2 Å². The van der Waals surface area contributed by atoms with Gasteiger partial charge in [0.1, 0.15) is 5.57 Å². The van der Waals surface area contributed by atoms with Gasteiger partial charge in [-0.25, -0.2) is 0 Å². The normalized spacial score (nSPS) is 19.3. The van der Waals surface area contributed by atoms with Crippen molar-refractivity contribution in [3.8, 4) is 0 Å². The van der Waals surface area contributed by atoms with Crippen molar-refractivity contribution >= 4 is 17.4 Å². The van der Waals surface area contributed by atoms with E-state index in [0.717, 1.165) is 17.5 Å². The topological polar surface area (TPSA) is 78.8 Å². The van der Waals surface area contributed by atoms with E-state index in [1.54, 1.807) is 24.3 Å². The summed E-state index contributed by atoms with van der Waals surface area (Å²) in [6.45, 7) is 3.98. The standard InChI is InChI=1S/C23H20N2O3/c1-23(2)13-15-10-6-7-11-16(15)20(25-23)19-21(27)17(24-22(19)28)12-18(26)14-8-4-3-5-9-14/h3-12,27H,13H2,1-2H3,(H,24,28)/b17-12-. The SMILES string of the molecule is CC1(C)Cc2ccccc2C(C2=C(O)/C(=C/C(=O)c3ccccc3)NC2=O)=N1. The van der Waals surface area contributed by atoms with Crippen LogP contribution in [0.3, 0.4) is 0 Å². The van der Waals surface area contributed by atoms with Crippen LogP contribution in [-0.4, -0.2) is 28.0 Å². The molecule has 0 atom stereocenters. The number of hydrogen-bond donors (Lipinski definition) is 2. The first-order chi connectivity index (χ1) is 13.4. The van der Waals surface area contributed by atoms with E-state index in [9.17, 15) is 14.7 Å². The third kappa shape index (κ3) is 3.16. The molecule has 2 aromatic rings. The molecule has 1 amide bonds. The van der Waals surface area contributed by atoms with Crippen molar-refractivity contribution in [2.24, 2.45) is 4.99 Å². The van der Waals surface area contributed by atoms with Crippen LogP contribution in [0.2, 0.25) is 0 Å². The maximum absolute atomic E-state index is 12.7. The number of nitrogens with one attached hydrogen (secondary N) is 1.